The van der Waals surface area contributed by atoms with Gasteiger partial charge < -0.3 is 9.64 Å². The molecule has 0 bridgehead atoms. The van der Waals surface area contributed by atoms with E-state index in [-0.39, 0.29) is 11.5 Å². The number of carbonyl (C=O) groups excluding carboxylic acids is 1. The Kier molecular flexibility index (Phi) is 3.20. The number of carbonyl (C=O) groups is 1. The molecule has 1 unspecified atom stereocenters. The van der Waals surface area contributed by atoms with Crippen molar-refractivity contribution in [2.24, 2.45) is 7.05 Å². The fourth-order valence-electron chi connectivity index (χ4n) is 3.14. The van der Waals surface area contributed by atoms with Gasteiger partial charge in [-0.2, -0.15) is 5.10 Å². The van der Waals surface area contributed by atoms with Gasteiger partial charge in [0.15, 0.2) is 0 Å². The predicted molar refractivity (Wildman–Crippen MR) is 78.9 cm³/mol. The van der Waals surface area contributed by atoms with Crippen molar-refractivity contribution >= 4 is 6.09 Å². The van der Waals surface area contributed by atoms with E-state index in [9.17, 15) is 4.79 Å². The summed E-state index contributed by atoms with van der Waals surface area (Å²) < 4.78 is 6.70. The maximum atomic E-state index is 12.0. The van der Waals surface area contributed by atoms with Crippen LogP contribution in [-0.4, -0.2) is 34.4 Å². The average molecular weight is 285 g/mol. The summed E-state index contributed by atoms with van der Waals surface area (Å²) in [5, 5.41) is 4.28. The van der Waals surface area contributed by atoms with Crippen molar-refractivity contribution in [2.75, 3.05) is 13.7 Å². The zero-order chi connectivity index (χ0) is 15.0. The topological polar surface area (TPSA) is 47.4 Å². The molecular weight excluding hydrogens is 266 g/mol. The number of nitrogens with zero attached hydrogens (tertiary/aromatic N) is 3. The molecule has 1 atom stereocenters. The first-order valence-electron chi connectivity index (χ1n) is 6.95. The molecule has 2 aromatic rings. The lowest BCUT2D eigenvalue weighted by atomic mass is 9.73. The molecule has 1 aliphatic heterocycles. The number of rotatable bonds is 1. The van der Waals surface area contributed by atoms with Gasteiger partial charge in [-0.3, -0.25) is 4.68 Å². The summed E-state index contributed by atoms with van der Waals surface area (Å²) in [6.07, 6.45) is 3.59. The average Bonchev–Trinajstić information content (AvgIpc) is 2.93. The Morgan fingerprint density at radius 1 is 1.38 bits per heavy atom. The molecule has 1 amide bonds. The number of aromatic nitrogens is 2. The van der Waals surface area contributed by atoms with Gasteiger partial charge in [-0.05, 0) is 18.1 Å². The third-order valence-corrected chi connectivity index (χ3v) is 4.25. The first kappa shape index (κ1) is 13.7. The van der Waals surface area contributed by atoms with Crippen molar-refractivity contribution in [3.63, 3.8) is 0 Å². The molecule has 0 saturated heterocycles. The maximum Gasteiger partial charge on any atom is 0.409 e. The first-order valence-corrected chi connectivity index (χ1v) is 6.95. The fraction of sp³-hybridized carbons (Fsp3) is 0.375. The Balaban J connectivity index is 2.11. The molecule has 0 aliphatic carbocycles. The Morgan fingerprint density at radius 2 is 2.14 bits per heavy atom. The second-order valence-electron chi connectivity index (χ2n) is 5.72. The van der Waals surface area contributed by atoms with Crippen LogP contribution >= 0.6 is 0 Å². The van der Waals surface area contributed by atoms with Gasteiger partial charge in [-0.25, -0.2) is 4.79 Å². The van der Waals surface area contributed by atoms with Crippen molar-refractivity contribution in [3.8, 4) is 0 Å². The van der Waals surface area contributed by atoms with Crippen LogP contribution in [0.4, 0.5) is 4.79 Å². The van der Waals surface area contributed by atoms with Gasteiger partial charge in [-0.15, -0.1) is 0 Å². The van der Waals surface area contributed by atoms with Crippen LogP contribution in [0, 0.1) is 0 Å². The molecule has 0 radical (unpaired) electrons. The molecule has 2 heterocycles. The lowest BCUT2D eigenvalue weighted by Crippen LogP contribution is -2.47. The molecular formula is C16H19N3O2. The van der Waals surface area contributed by atoms with Crippen molar-refractivity contribution in [3.05, 3.63) is 53.3 Å². The lowest BCUT2D eigenvalue weighted by Gasteiger charge is -2.41. The molecule has 110 valence electrons. The summed E-state index contributed by atoms with van der Waals surface area (Å²) in [6, 6.07) is 8.25. The summed E-state index contributed by atoms with van der Waals surface area (Å²) in [5.74, 6) is 0. The smallest absolute Gasteiger partial charge is 0.409 e. The van der Waals surface area contributed by atoms with E-state index in [4.69, 9.17) is 4.74 Å². The minimum atomic E-state index is -0.292. The third-order valence-electron chi connectivity index (χ3n) is 4.25. The van der Waals surface area contributed by atoms with Crippen molar-refractivity contribution in [2.45, 2.75) is 18.9 Å². The third kappa shape index (κ3) is 2.18. The molecule has 0 N–H and O–H groups in total. The molecule has 5 nitrogen and oxygen atoms in total. The molecule has 0 fully saturated rings. The van der Waals surface area contributed by atoms with Gasteiger partial charge in [-0.1, -0.05) is 24.3 Å². The Labute approximate surface area is 124 Å². The van der Waals surface area contributed by atoms with Crippen molar-refractivity contribution in [1.82, 2.24) is 14.7 Å². The number of ether oxygens (including phenoxy) is 1. The van der Waals surface area contributed by atoms with E-state index < -0.39 is 0 Å². The number of methoxy groups -OCH3 is 1. The van der Waals surface area contributed by atoms with E-state index in [1.807, 2.05) is 31.6 Å². The number of benzene rings is 1. The van der Waals surface area contributed by atoms with Crippen molar-refractivity contribution < 1.29 is 9.53 Å². The predicted octanol–water partition coefficient (Wildman–Crippen LogP) is 2.31. The van der Waals surface area contributed by atoms with Gasteiger partial charge in [0, 0.05) is 37.3 Å². The second kappa shape index (κ2) is 4.91. The van der Waals surface area contributed by atoms with Gasteiger partial charge >= 0.3 is 6.09 Å². The van der Waals surface area contributed by atoms with Crippen LogP contribution in [0.3, 0.4) is 0 Å². The highest BCUT2D eigenvalue weighted by molar-refractivity contribution is 5.69. The largest absolute Gasteiger partial charge is 0.453 e. The SMILES string of the molecule is COC(=O)N1Cc2ccccc2C(C)(c2cnn(C)c2)C1. The first-order chi connectivity index (χ1) is 10.0. The molecule has 1 aliphatic rings. The Morgan fingerprint density at radius 3 is 2.81 bits per heavy atom. The highest BCUT2D eigenvalue weighted by Crippen LogP contribution is 2.39. The van der Waals surface area contributed by atoms with Crippen LogP contribution in [0.5, 0.6) is 0 Å². The normalized spacial score (nSPS) is 21.0. The Bertz CT molecular complexity index is 680. The zero-order valence-electron chi connectivity index (χ0n) is 12.5. The quantitative estimate of drug-likeness (QED) is 0.808. The minimum Gasteiger partial charge on any atom is -0.453 e. The summed E-state index contributed by atoms with van der Waals surface area (Å²) >= 11 is 0. The summed E-state index contributed by atoms with van der Waals surface area (Å²) in [7, 11) is 3.32. The highest BCUT2D eigenvalue weighted by atomic mass is 16.5. The fourth-order valence-corrected chi connectivity index (χ4v) is 3.14. The van der Waals surface area contributed by atoms with E-state index in [0.29, 0.717) is 13.1 Å². The summed E-state index contributed by atoms with van der Waals surface area (Å²) in [6.45, 7) is 3.32. The lowest BCUT2D eigenvalue weighted by molar-refractivity contribution is 0.108. The summed E-state index contributed by atoms with van der Waals surface area (Å²) in [5.41, 5.74) is 3.22. The van der Waals surface area contributed by atoms with Crippen LogP contribution in [0.25, 0.3) is 0 Å². The van der Waals surface area contributed by atoms with Crippen LogP contribution in [-0.2, 0) is 23.7 Å². The van der Waals surface area contributed by atoms with Crippen molar-refractivity contribution in [1.29, 1.82) is 0 Å². The number of fused-ring (bicyclic) bond motifs is 1. The molecule has 1 aromatic heterocycles. The van der Waals surface area contributed by atoms with Gasteiger partial charge in [0.05, 0.1) is 13.3 Å². The monoisotopic (exact) mass is 285 g/mol. The van der Waals surface area contributed by atoms with E-state index in [1.54, 1.807) is 9.58 Å². The van der Waals surface area contributed by atoms with E-state index >= 15 is 0 Å². The van der Waals surface area contributed by atoms with Gasteiger partial charge in [0.1, 0.15) is 0 Å². The van der Waals surface area contributed by atoms with Crippen LogP contribution < -0.4 is 0 Å². The number of hydrogen-bond acceptors (Lipinski definition) is 3. The number of amides is 1. The molecule has 3 rings (SSSR count). The minimum absolute atomic E-state index is 0.280. The molecule has 1 aromatic carbocycles. The van der Waals surface area contributed by atoms with Gasteiger partial charge in [0.2, 0.25) is 0 Å². The summed E-state index contributed by atoms with van der Waals surface area (Å²) in [4.78, 5) is 13.7. The van der Waals surface area contributed by atoms with Crippen LogP contribution in [0.1, 0.15) is 23.6 Å². The maximum absolute atomic E-state index is 12.0. The van der Waals surface area contributed by atoms with Crippen LogP contribution in [0.2, 0.25) is 0 Å². The second-order valence-corrected chi connectivity index (χ2v) is 5.72. The molecule has 21 heavy (non-hydrogen) atoms. The number of hydrogen-bond donors (Lipinski definition) is 0. The molecule has 0 saturated carbocycles. The van der Waals surface area contributed by atoms with E-state index in [1.165, 1.54) is 12.7 Å². The standard InChI is InChI=1S/C16H19N3O2/c1-16(13-8-17-18(2)10-13)11-19(15(20)21-3)9-12-6-4-5-7-14(12)16/h4-8,10H,9,11H2,1-3H3. The van der Waals surface area contributed by atoms with E-state index in [0.717, 1.165) is 11.1 Å². The van der Waals surface area contributed by atoms with Gasteiger partial charge in [0.25, 0.3) is 0 Å². The molecule has 0 spiro atoms. The number of aryl methyl sites for hydroxylation is 1. The Hall–Kier alpha value is -2.30. The van der Waals surface area contributed by atoms with Crippen LogP contribution in [0.15, 0.2) is 36.7 Å². The van der Waals surface area contributed by atoms with E-state index in [2.05, 4.69) is 24.2 Å². The zero-order valence-corrected chi connectivity index (χ0v) is 12.5. The highest BCUT2D eigenvalue weighted by Gasteiger charge is 2.39. The molecule has 5 heteroatoms.